The normalized spacial score (nSPS) is 15.3. The Morgan fingerprint density at radius 3 is 2.62 bits per heavy atom. The molecule has 138 valence electrons. The Labute approximate surface area is 157 Å². The molecule has 0 aliphatic carbocycles. The number of hydrogen-bond donors (Lipinski definition) is 2. The number of carbonyl (C=O) groups excluding carboxylic acids is 1. The van der Waals surface area contributed by atoms with Gasteiger partial charge in [0.15, 0.2) is 17.7 Å². The third-order valence-corrected chi connectivity index (χ3v) is 4.89. The van der Waals surface area contributed by atoms with Crippen LogP contribution in [0.2, 0.25) is 5.02 Å². The topological polar surface area (TPSA) is 78.9 Å². The molecule has 1 heterocycles. The number of nitrogens with zero attached hydrogens (tertiary/aromatic N) is 1. The molecular weight excluding hydrogens is 383 g/mol. The van der Waals surface area contributed by atoms with Gasteiger partial charge in [0.05, 0.1) is 16.0 Å². The van der Waals surface area contributed by atoms with Gasteiger partial charge in [0.1, 0.15) is 11.6 Å². The molecular formula is C17H16ClFN2O4S. The molecule has 9 heteroatoms. The van der Waals surface area contributed by atoms with Gasteiger partial charge >= 0.3 is 0 Å². The average molecular weight is 399 g/mol. The van der Waals surface area contributed by atoms with E-state index in [4.69, 9.17) is 20.9 Å². The van der Waals surface area contributed by atoms with E-state index in [1.807, 2.05) is 4.90 Å². The van der Waals surface area contributed by atoms with Crippen molar-refractivity contribution in [3.8, 4) is 5.75 Å². The van der Waals surface area contributed by atoms with Crippen LogP contribution in [-0.2, 0) is 15.9 Å². The molecule has 1 amide bonds. The molecule has 6 nitrogen and oxygen atoms in total. The number of benzene rings is 2. The van der Waals surface area contributed by atoms with Crippen molar-refractivity contribution in [2.45, 2.75) is 10.9 Å². The molecule has 1 aliphatic heterocycles. The third kappa shape index (κ3) is 4.51. The molecule has 1 fully saturated rings. The van der Waals surface area contributed by atoms with Crippen molar-refractivity contribution in [2.75, 3.05) is 24.6 Å². The maximum Gasteiger partial charge on any atom is 0.258 e. The summed E-state index contributed by atoms with van der Waals surface area (Å²) in [6, 6.07) is 10.7. The number of nitrogens with one attached hydrogen (secondary N) is 1. The summed E-state index contributed by atoms with van der Waals surface area (Å²) in [6.45, 7) is 1.04. The van der Waals surface area contributed by atoms with Crippen LogP contribution in [0.1, 0.15) is 0 Å². The molecule has 1 atom stereocenters. The van der Waals surface area contributed by atoms with Gasteiger partial charge in [0.2, 0.25) is 0 Å². The van der Waals surface area contributed by atoms with E-state index < -0.39 is 16.9 Å². The first-order chi connectivity index (χ1) is 12.4. The lowest BCUT2D eigenvalue weighted by Gasteiger charge is -2.41. The van der Waals surface area contributed by atoms with Crippen molar-refractivity contribution >= 4 is 34.3 Å². The molecule has 0 radical (unpaired) electrons. The summed E-state index contributed by atoms with van der Waals surface area (Å²) in [5, 5.41) is 2.82. The van der Waals surface area contributed by atoms with Gasteiger partial charge in [-0.25, -0.2) is 8.60 Å². The van der Waals surface area contributed by atoms with Crippen molar-refractivity contribution in [3.63, 3.8) is 0 Å². The van der Waals surface area contributed by atoms with Gasteiger partial charge in [-0.1, -0.05) is 11.6 Å². The first-order valence-electron chi connectivity index (χ1n) is 7.75. The van der Waals surface area contributed by atoms with Crippen molar-refractivity contribution in [2.24, 2.45) is 0 Å². The van der Waals surface area contributed by atoms with Gasteiger partial charge in [0, 0.05) is 24.8 Å². The summed E-state index contributed by atoms with van der Waals surface area (Å²) in [5.41, 5.74) is 0.914. The molecule has 0 saturated carbocycles. The number of ether oxygens (including phenoxy) is 1. The minimum Gasteiger partial charge on any atom is -0.484 e. The summed E-state index contributed by atoms with van der Waals surface area (Å²) < 4.78 is 38.5. The second-order valence-corrected chi connectivity index (χ2v) is 7.15. The summed E-state index contributed by atoms with van der Waals surface area (Å²) in [7, 11) is 0. The SMILES string of the molecule is O=C(COc1ccc(Cl)c(F)c1)NC1CN(c2ccc(S(=O)O)cc2)C1. The highest BCUT2D eigenvalue weighted by molar-refractivity contribution is 7.79. The number of anilines is 1. The van der Waals surface area contributed by atoms with E-state index in [0.29, 0.717) is 18.0 Å². The van der Waals surface area contributed by atoms with Crippen LogP contribution in [0.25, 0.3) is 0 Å². The van der Waals surface area contributed by atoms with Crippen LogP contribution in [0.3, 0.4) is 0 Å². The molecule has 0 aromatic heterocycles. The molecule has 1 unspecified atom stereocenters. The lowest BCUT2D eigenvalue weighted by molar-refractivity contribution is -0.124. The van der Waals surface area contributed by atoms with Crippen molar-refractivity contribution in [3.05, 3.63) is 53.3 Å². The highest BCUT2D eigenvalue weighted by Gasteiger charge is 2.28. The highest BCUT2D eigenvalue weighted by Crippen LogP contribution is 2.22. The van der Waals surface area contributed by atoms with Gasteiger partial charge < -0.3 is 19.5 Å². The van der Waals surface area contributed by atoms with Crippen LogP contribution in [0.4, 0.5) is 10.1 Å². The second-order valence-electron chi connectivity index (χ2n) is 5.78. The van der Waals surface area contributed by atoms with Crippen LogP contribution in [-0.4, -0.2) is 40.4 Å². The average Bonchev–Trinajstić information content (AvgIpc) is 2.59. The maximum atomic E-state index is 13.3. The predicted molar refractivity (Wildman–Crippen MR) is 96.5 cm³/mol. The Morgan fingerprint density at radius 2 is 2.00 bits per heavy atom. The molecule has 2 N–H and O–H groups in total. The summed E-state index contributed by atoms with van der Waals surface area (Å²) >= 11 is 3.59. The van der Waals surface area contributed by atoms with Crippen molar-refractivity contribution < 1.29 is 22.7 Å². The number of hydrogen-bond acceptors (Lipinski definition) is 4. The number of carbonyl (C=O) groups is 1. The van der Waals surface area contributed by atoms with E-state index in [1.54, 1.807) is 24.3 Å². The van der Waals surface area contributed by atoms with Gasteiger partial charge in [-0.3, -0.25) is 4.79 Å². The van der Waals surface area contributed by atoms with Crippen molar-refractivity contribution in [1.82, 2.24) is 5.32 Å². The quantitative estimate of drug-likeness (QED) is 0.731. The lowest BCUT2D eigenvalue weighted by atomic mass is 10.1. The molecule has 3 rings (SSSR count). The minimum atomic E-state index is -1.99. The standard InChI is InChI=1S/C17H16ClFN2O4S/c18-15-6-3-13(7-16(15)19)25-10-17(22)20-11-8-21(9-11)12-1-4-14(5-2-12)26(23)24/h1-7,11H,8-10H2,(H,20,22)(H,23,24). The zero-order valence-electron chi connectivity index (χ0n) is 13.5. The molecule has 2 aromatic rings. The van der Waals surface area contributed by atoms with Gasteiger partial charge in [0.25, 0.3) is 5.91 Å². The molecule has 26 heavy (non-hydrogen) atoms. The van der Waals surface area contributed by atoms with Gasteiger partial charge in [-0.2, -0.15) is 0 Å². The maximum absolute atomic E-state index is 13.3. The van der Waals surface area contributed by atoms with E-state index in [1.165, 1.54) is 12.1 Å². The number of amides is 1. The fraction of sp³-hybridized carbons (Fsp3) is 0.235. The molecule has 0 spiro atoms. The van der Waals surface area contributed by atoms with E-state index in [0.717, 1.165) is 11.8 Å². The second kappa shape index (κ2) is 8.03. The Balaban J connectivity index is 1.42. The summed E-state index contributed by atoms with van der Waals surface area (Å²) in [5.74, 6) is -0.662. The molecule has 1 aliphatic rings. The summed E-state index contributed by atoms with van der Waals surface area (Å²) in [6.07, 6.45) is 0. The Morgan fingerprint density at radius 1 is 1.31 bits per heavy atom. The van der Waals surface area contributed by atoms with E-state index in [-0.39, 0.29) is 29.3 Å². The van der Waals surface area contributed by atoms with Crippen molar-refractivity contribution in [1.29, 1.82) is 0 Å². The predicted octanol–water partition coefficient (Wildman–Crippen LogP) is 2.44. The van der Waals surface area contributed by atoms with Crippen LogP contribution >= 0.6 is 11.6 Å². The smallest absolute Gasteiger partial charge is 0.258 e. The Kier molecular flexibility index (Phi) is 5.75. The van der Waals surface area contributed by atoms with Crippen LogP contribution < -0.4 is 15.0 Å². The first-order valence-corrected chi connectivity index (χ1v) is 9.24. The zero-order valence-corrected chi connectivity index (χ0v) is 15.1. The van der Waals surface area contributed by atoms with Gasteiger partial charge in [-0.15, -0.1) is 0 Å². The monoisotopic (exact) mass is 398 g/mol. The number of rotatable bonds is 6. The zero-order chi connectivity index (χ0) is 18.7. The molecule has 0 bridgehead atoms. The van der Waals surface area contributed by atoms with E-state index in [2.05, 4.69) is 5.32 Å². The fourth-order valence-corrected chi connectivity index (χ4v) is 3.03. The lowest BCUT2D eigenvalue weighted by Crippen LogP contribution is -2.60. The third-order valence-electron chi connectivity index (χ3n) is 3.91. The summed E-state index contributed by atoms with van der Waals surface area (Å²) in [4.78, 5) is 14.3. The minimum absolute atomic E-state index is 0.00498. The Hall–Kier alpha value is -2.16. The number of halogens is 2. The van der Waals surface area contributed by atoms with Crippen LogP contribution in [0, 0.1) is 5.82 Å². The first kappa shape index (κ1) is 18.6. The van der Waals surface area contributed by atoms with Crippen LogP contribution in [0.5, 0.6) is 5.75 Å². The largest absolute Gasteiger partial charge is 0.484 e. The molecule has 1 saturated heterocycles. The van der Waals surface area contributed by atoms with E-state index in [9.17, 15) is 13.4 Å². The molecule has 2 aromatic carbocycles. The van der Waals surface area contributed by atoms with E-state index >= 15 is 0 Å². The highest BCUT2D eigenvalue weighted by atomic mass is 35.5. The fourth-order valence-electron chi connectivity index (χ4n) is 2.54. The van der Waals surface area contributed by atoms with Crippen LogP contribution in [0.15, 0.2) is 47.4 Å². The van der Waals surface area contributed by atoms with Gasteiger partial charge in [-0.05, 0) is 36.4 Å². The Bertz CT molecular complexity index is 828.